The summed E-state index contributed by atoms with van der Waals surface area (Å²) in [6.45, 7) is 11.3. The predicted octanol–water partition coefficient (Wildman–Crippen LogP) is 4.47. The highest BCUT2D eigenvalue weighted by Crippen LogP contribution is 2.23. The van der Waals surface area contributed by atoms with Crippen LogP contribution < -0.4 is 5.32 Å². The Morgan fingerprint density at radius 3 is 2.12 bits per heavy atom. The second-order valence-corrected chi connectivity index (χ2v) is 7.60. The van der Waals surface area contributed by atoms with Crippen molar-refractivity contribution < 1.29 is 14.3 Å². The molecule has 1 N–H and O–H groups in total. The van der Waals surface area contributed by atoms with Crippen molar-refractivity contribution in [3.63, 3.8) is 0 Å². The molecular weight excluding hydrogens is 322 g/mol. The SMILES string of the molecule is Cc1cc(C)c(NC(=O)[C@H](C)OC(=O)c2cc(C)sc2C)c(C)c1. The zero-order valence-corrected chi connectivity index (χ0v) is 15.8. The van der Waals surface area contributed by atoms with Crippen LogP contribution in [-0.2, 0) is 9.53 Å². The van der Waals surface area contributed by atoms with E-state index in [0.29, 0.717) is 5.56 Å². The average Bonchev–Trinajstić information content (AvgIpc) is 2.81. The Balaban J connectivity index is 2.08. The quantitative estimate of drug-likeness (QED) is 0.832. The molecule has 0 spiro atoms. The van der Waals surface area contributed by atoms with Crippen molar-refractivity contribution in [1.29, 1.82) is 0 Å². The van der Waals surface area contributed by atoms with E-state index in [9.17, 15) is 9.59 Å². The zero-order valence-electron chi connectivity index (χ0n) is 14.9. The number of esters is 1. The van der Waals surface area contributed by atoms with Gasteiger partial charge < -0.3 is 10.1 Å². The third-order valence-corrected chi connectivity index (χ3v) is 4.81. The third kappa shape index (κ3) is 4.03. The van der Waals surface area contributed by atoms with Gasteiger partial charge in [-0.25, -0.2) is 4.79 Å². The fraction of sp³-hybridized carbons (Fsp3) is 0.368. The molecule has 2 aromatic rings. The molecule has 0 aliphatic carbocycles. The van der Waals surface area contributed by atoms with E-state index >= 15 is 0 Å². The summed E-state index contributed by atoms with van der Waals surface area (Å²) in [6, 6.07) is 5.81. The minimum atomic E-state index is -0.864. The number of thiophene rings is 1. The summed E-state index contributed by atoms with van der Waals surface area (Å²) >= 11 is 1.54. The number of hydrogen-bond acceptors (Lipinski definition) is 4. The molecule has 2 rings (SSSR count). The second-order valence-electron chi connectivity index (χ2n) is 6.14. The summed E-state index contributed by atoms with van der Waals surface area (Å²) in [4.78, 5) is 26.5. The molecule has 1 aromatic carbocycles. The molecule has 0 saturated carbocycles. The molecule has 4 nitrogen and oxygen atoms in total. The van der Waals surface area contributed by atoms with Crippen LogP contribution in [0.2, 0.25) is 0 Å². The van der Waals surface area contributed by atoms with Gasteiger partial charge in [0.25, 0.3) is 5.91 Å². The first-order chi connectivity index (χ1) is 11.2. The van der Waals surface area contributed by atoms with Crippen molar-refractivity contribution in [3.05, 3.63) is 50.2 Å². The molecule has 1 aromatic heterocycles. The molecule has 128 valence electrons. The van der Waals surface area contributed by atoms with Crippen LogP contribution in [0.25, 0.3) is 0 Å². The Hall–Kier alpha value is -2.14. The molecule has 0 radical (unpaired) electrons. The van der Waals surface area contributed by atoms with Gasteiger partial charge in [-0.3, -0.25) is 4.79 Å². The Kier molecular flexibility index (Phi) is 5.44. The van der Waals surface area contributed by atoms with Gasteiger partial charge in [0.05, 0.1) is 5.56 Å². The topological polar surface area (TPSA) is 55.4 Å². The van der Waals surface area contributed by atoms with Crippen molar-refractivity contribution in [2.45, 2.75) is 47.6 Å². The van der Waals surface area contributed by atoms with Gasteiger partial charge in [-0.2, -0.15) is 0 Å². The fourth-order valence-electron chi connectivity index (χ4n) is 2.71. The lowest BCUT2D eigenvalue weighted by Crippen LogP contribution is -2.30. The summed E-state index contributed by atoms with van der Waals surface area (Å²) in [5, 5.41) is 2.87. The van der Waals surface area contributed by atoms with Gasteiger partial charge in [-0.05, 0) is 58.7 Å². The van der Waals surface area contributed by atoms with E-state index < -0.39 is 12.1 Å². The van der Waals surface area contributed by atoms with E-state index in [1.165, 1.54) is 11.3 Å². The Morgan fingerprint density at radius 1 is 1.04 bits per heavy atom. The maximum absolute atomic E-state index is 12.4. The third-order valence-electron chi connectivity index (χ3n) is 3.84. The highest BCUT2D eigenvalue weighted by Gasteiger charge is 2.22. The highest BCUT2D eigenvalue weighted by molar-refractivity contribution is 7.12. The molecule has 0 aliphatic rings. The zero-order chi connectivity index (χ0) is 18.0. The number of ether oxygens (including phenoxy) is 1. The number of rotatable bonds is 4. The fourth-order valence-corrected chi connectivity index (χ4v) is 3.63. The molecule has 5 heteroatoms. The summed E-state index contributed by atoms with van der Waals surface area (Å²) in [5.41, 5.74) is 4.43. The van der Waals surface area contributed by atoms with E-state index in [-0.39, 0.29) is 5.91 Å². The highest BCUT2D eigenvalue weighted by atomic mass is 32.1. The summed E-state index contributed by atoms with van der Waals surface area (Å²) in [7, 11) is 0. The van der Waals surface area contributed by atoms with Gasteiger partial charge >= 0.3 is 5.97 Å². The Labute approximate surface area is 146 Å². The van der Waals surface area contributed by atoms with Crippen LogP contribution in [0.4, 0.5) is 5.69 Å². The first-order valence-corrected chi connectivity index (χ1v) is 8.67. The van der Waals surface area contributed by atoms with E-state index in [0.717, 1.165) is 32.1 Å². The Bertz CT molecular complexity index is 769. The molecule has 0 saturated heterocycles. The van der Waals surface area contributed by atoms with Gasteiger partial charge in [0.2, 0.25) is 0 Å². The maximum atomic E-state index is 12.4. The predicted molar refractivity (Wildman–Crippen MR) is 98.0 cm³/mol. The van der Waals surface area contributed by atoms with Crippen LogP contribution in [-0.4, -0.2) is 18.0 Å². The molecule has 0 aliphatic heterocycles. The van der Waals surface area contributed by atoms with Crippen LogP contribution >= 0.6 is 11.3 Å². The number of carbonyl (C=O) groups is 2. The number of hydrogen-bond donors (Lipinski definition) is 1. The standard InChI is InChI=1S/C19H23NO3S/c1-10-7-11(2)17(12(3)8-10)20-18(21)14(5)23-19(22)16-9-13(4)24-15(16)6/h7-9,14H,1-6H3,(H,20,21)/t14-/m0/s1. The molecule has 0 fully saturated rings. The molecule has 1 heterocycles. The van der Waals surface area contributed by atoms with Crippen LogP contribution in [0, 0.1) is 34.6 Å². The van der Waals surface area contributed by atoms with E-state index in [4.69, 9.17) is 4.74 Å². The van der Waals surface area contributed by atoms with Gasteiger partial charge in [-0.15, -0.1) is 11.3 Å². The van der Waals surface area contributed by atoms with Crippen LogP contribution in [0.1, 0.15) is 43.7 Å². The van der Waals surface area contributed by atoms with Gasteiger partial charge in [-0.1, -0.05) is 17.7 Å². The van der Waals surface area contributed by atoms with E-state index in [1.807, 2.05) is 46.8 Å². The monoisotopic (exact) mass is 345 g/mol. The van der Waals surface area contributed by atoms with Crippen molar-refractivity contribution in [2.75, 3.05) is 5.32 Å². The number of amides is 1. The molecule has 24 heavy (non-hydrogen) atoms. The smallest absolute Gasteiger partial charge is 0.340 e. The molecular formula is C19H23NO3S. The number of nitrogens with one attached hydrogen (secondary N) is 1. The number of anilines is 1. The minimum absolute atomic E-state index is 0.331. The minimum Gasteiger partial charge on any atom is -0.449 e. The largest absolute Gasteiger partial charge is 0.449 e. The molecule has 1 amide bonds. The van der Waals surface area contributed by atoms with Gasteiger partial charge in [0, 0.05) is 15.4 Å². The Morgan fingerprint density at radius 2 is 1.62 bits per heavy atom. The van der Waals surface area contributed by atoms with Crippen molar-refractivity contribution >= 4 is 28.9 Å². The maximum Gasteiger partial charge on any atom is 0.340 e. The van der Waals surface area contributed by atoms with Crippen molar-refractivity contribution in [1.82, 2.24) is 0 Å². The summed E-state index contributed by atoms with van der Waals surface area (Å²) in [5.74, 6) is -0.792. The van der Waals surface area contributed by atoms with Crippen LogP contribution in [0.3, 0.4) is 0 Å². The number of carbonyl (C=O) groups excluding carboxylic acids is 2. The van der Waals surface area contributed by atoms with Gasteiger partial charge in [0.15, 0.2) is 6.10 Å². The van der Waals surface area contributed by atoms with Crippen molar-refractivity contribution in [3.8, 4) is 0 Å². The number of benzene rings is 1. The van der Waals surface area contributed by atoms with Crippen LogP contribution in [0.5, 0.6) is 0 Å². The van der Waals surface area contributed by atoms with E-state index in [1.54, 1.807) is 13.0 Å². The van der Waals surface area contributed by atoms with Gasteiger partial charge in [0.1, 0.15) is 0 Å². The number of aryl methyl sites for hydroxylation is 5. The average molecular weight is 345 g/mol. The second kappa shape index (κ2) is 7.18. The summed E-state index contributed by atoms with van der Waals surface area (Å²) in [6.07, 6.45) is -0.864. The first-order valence-electron chi connectivity index (χ1n) is 7.85. The lowest BCUT2D eigenvalue weighted by Gasteiger charge is -2.17. The molecule has 0 bridgehead atoms. The molecule has 1 atom stereocenters. The summed E-state index contributed by atoms with van der Waals surface area (Å²) < 4.78 is 5.32. The van der Waals surface area contributed by atoms with Crippen LogP contribution in [0.15, 0.2) is 18.2 Å². The normalized spacial score (nSPS) is 11.9. The lowest BCUT2D eigenvalue weighted by molar-refractivity contribution is -0.123. The van der Waals surface area contributed by atoms with E-state index in [2.05, 4.69) is 5.32 Å². The van der Waals surface area contributed by atoms with Crippen molar-refractivity contribution in [2.24, 2.45) is 0 Å². The lowest BCUT2D eigenvalue weighted by atomic mass is 10.0. The molecule has 0 unspecified atom stereocenters. The first kappa shape index (κ1) is 18.2.